The molecule has 0 saturated heterocycles. The van der Waals surface area contributed by atoms with Crippen LogP contribution in [0.2, 0.25) is 0 Å². The zero-order valence-electron chi connectivity index (χ0n) is 11.3. The van der Waals surface area contributed by atoms with E-state index in [0.717, 1.165) is 24.4 Å². The molecule has 3 rings (SSSR count). The van der Waals surface area contributed by atoms with Gasteiger partial charge in [-0.15, -0.1) is 0 Å². The lowest BCUT2D eigenvalue weighted by Crippen LogP contribution is -2.31. The van der Waals surface area contributed by atoms with Gasteiger partial charge in [0.25, 0.3) is 5.91 Å². The lowest BCUT2D eigenvalue weighted by atomic mass is 10.0. The van der Waals surface area contributed by atoms with Gasteiger partial charge < -0.3 is 11.1 Å². The van der Waals surface area contributed by atoms with Crippen LogP contribution in [0, 0.1) is 11.3 Å². The first-order valence-corrected chi connectivity index (χ1v) is 7.31. The number of nitrogens with one attached hydrogen (secondary N) is 1. The Hall–Kier alpha value is -1.35. The molecule has 1 aromatic rings. The summed E-state index contributed by atoms with van der Waals surface area (Å²) >= 11 is 0. The number of amides is 1. The van der Waals surface area contributed by atoms with Gasteiger partial charge in [-0.3, -0.25) is 4.79 Å². The van der Waals surface area contributed by atoms with E-state index in [-0.39, 0.29) is 5.91 Å². The summed E-state index contributed by atoms with van der Waals surface area (Å²) in [4.78, 5) is 12.1. The first kappa shape index (κ1) is 12.7. The topological polar surface area (TPSA) is 55.1 Å². The average Bonchev–Trinajstić information content (AvgIpc) is 3.29. The highest BCUT2D eigenvalue weighted by atomic mass is 16.1. The minimum Gasteiger partial charge on any atom is -0.351 e. The number of carbonyl (C=O) groups excluding carboxylic acids is 1. The van der Waals surface area contributed by atoms with Crippen LogP contribution in [0.5, 0.6) is 0 Å². The molecule has 102 valence electrons. The van der Waals surface area contributed by atoms with E-state index in [1.54, 1.807) is 0 Å². The third kappa shape index (κ3) is 2.81. The number of rotatable bonds is 6. The summed E-state index contributed by atoms with van der Waals surface area (Å²) < 4.78 is 0. The fourth-order valence-corrected chi connectivity index (χ4v) is 2.93. The van der Waals surface area contributed by atoms with Crippen LogP contribution < -0.4 is 11.1 Å². The fourth-order valence-electron chi connectivity index (χ4n) is 2.93. The molecule has 2 aliphatic rings. The summed E-state index contributed by atoms with van der Waals surface area (Å²) in [5, 5.41) is 3.11. The second kappa shape index (κ2) is 4.97. The van der Waals surface area contributed by atoms with Crippen molar-refractivity contribution in [3.05, 3.63) is 35.4 Å². The highest BCUT2D eigenvalue weighted by molar-refractivity contribution is 5.94. The monoisotopic (exact) mass is 258 g/mol. The van der Waals surface area contributed by atoms with E-state index in [9.17, 15) is 4.79 Å². The SMILES string of the molecule is NCCc1ccc(C(=O)NCC2(C3CC3)CC2)cc1. The van der Waals surface area contributed by atoms with Crippen molar-refractivity contribution in [3.8, 4) is 0 Å². The number of hydrogen-bond donors (Lipinski definition) is 2. The summed E-state index contributed by atoms with van der Waals surface area (Å²) in [5.74, 6) is 0.950. The Morgan fingerprint density at radius 3 is 2.47 bits per heavy atom. The van der Waals surface area contributed by atoms with Crippen LogP contribution in [0.3, 0.4) is 0 Å². The molecule has 1 aromatic carbocycles. The molecule has 1 amide bonds. The first-order chi connectivity index (χ1) is 9.23. The molecule has 0 aromatic heterocycles. The van der Waals surface area contributed by atoms with Crippen LogP contribution in [-0.4, -0.2) is 19.0 Å². The van der Waals surface area contributed by atoms with Gasteiger partial charge in [-0.1, -0.05) is 12.1 Å². The third-order valence-corrected chi connectivity index (χ3v) is 4.59. The molecule has 19 heavy (non-hydrogen) atoms. The van der Waals surface area contributed by atoms with E-state index in [0.29, 0.717) is 12.0 Å². The highest BCUT2D eigenvalue weighted by Crippen LogP contribution is 2.60. The quantitative estimate of drug-likeness (QED) is 0.821. The number of hydrogen-bond acceptors (Lipinski definition) is 2. The normalized spacial score (nSPS) is 20.1. The van der Waals surface area contributed by atoms with Crippen LogP contribution >= 0.6 is 0 Å². The maximum Gasteiger partial charge on any atom is 0.251 e. The van der Waals surface area contributed by atoms with Crippen molar-refractivity contribution in [1.29, 1.82) is 0 Å². The number of nitrogens with two attached hydrogens (primary N) is 1. The lowest BCUT2D eigenvalue weighted by molar-refractivity contribution is 0.0942. The smallest absolute Gasteiger partial charge is 0.251 e. The Balaban J connectivity index is 1.54. The van der Waals surface area contributed by atoms with E-state index in [2.05, 4.69) is 5.32 Å². The maximum atomic E-state index is 12.1. The second-order valence-corrected chi connectivity index (χ2v) is 6.05. The molecule has 0 atom stereocenters. The largest absolute Gasteiger partial charge is 0.351 e. The van der Waals surface area contributed by atoms with Crippen LogP contribution in [-0.2, 0) is 6.42 Å². The second-order valence-electron chi connectivity index (χ2n) is 6.05. The molecular formula is C16H22N2O. The van der Waals surface area contributed by atoms with Gasteiger partial charge in [-0.25, -0.2) is 0 Å². The molecule has 0 heterocycles. The Morgan fingerprint density at radius 1 is 1.26 bits per heavy atom. The Bertz CT molecular complexity index is 458. The van der Waals surface area contributed by atoms with Gasteiger partial charge in [-0.2, -0.15) is 0 Å². The van der Waals surface area contributed by atoms with Crippen molar-refractivity contribution in [2.75, 3.05) is 13.1 Å². The molecule has 3 nitrogen and oxygen atoms in total. The Labute approximate surface area is 114 Å². The predicted octanol–water partition coefficient (Wildman–Crippen LogP) is 2.11. The zero-order chi connectivity index (χ0) is 13.3. The molecule has 2 aliphatic carbocycles. The molecule has 0 radical (unpaired) electrons. The van der Waals surface area contributed by atoms with Gasteiger partial charge >= 0.3 is 0 Å². The summed E-state index contributed by atoms with van der Waals surface area (Å²) in [7, 11) is 0. The van der Waals surface area contributed by atoms with Crippen LogP contribution in [0.4, 0.5) is 0 Å². The molecule has 0 bridgehead atoms. The van der Waals surface area contributed by atoms with Gasteiger partial charge in [-0.05, 0) is 67.7 Å². The fraction of sp³-hybridized carbons (Fsp3) is 0.562. The predicted molar refractivity (Wildman–Crippen MR) is 75.9 cm³/mol. The van der Waals surface area contributed by atoms with Crippen LogP contribution in [0.25, 0.3) is 0 Å². The van der Waals surface area contributed by atoms with Crippen molar-refractivity contribution in [2.24, 2.45) is 17.1 Å². The molecule has 2 fully saturated rings. The summed E-state index contributed by atoms with van der Waals surface area (Å²) in [6, 6.07) is 7.79. The average molecular weight is 258 g/mol. The van der Waals surface area contributed by atoms with Gasteiger partial charge in [0.15, 0.2) is 0 Å². The molecule has 0 spiro atoms. The Kier molecular flexibility index (Phi) is 3.31. The van der Waals surface area contributed by atoms with Gasteiger partial charge in [0.1, 0.15) is 0 Å². The lowest BCUT2D eigenvalue weighted by Gasteiger charge is -2.15. The maximum absolute atomic E-state index is 12.1. The van der Waals surface area contributed by atoms with Crippen LogP contribution in [0.1, 0.15) is 41.6 Å². The standard InChI is InChI=1S/C16H22N2O/c17-10-7-12-1-3-13(4-2-12)15(19)18-11-16(8-9-16)14-5-6-14/h1-4,14H,5-11,17H2,(H,18,19). The molecular weight excluding hydrogens is 236 g/mol. The van der Waals surface area contributed by atoms with Crippen molar-refractivity contribution in [1.82, 2.24) is 5.32 Å². The van der Waals surface area contributed by atoms with E-state index >= 15 is 0 Å². The summed E-state index contributed by atoms with van der Waals surface area (Å²) in [6.07, 6.45) is 6.20. The molecule has 0 aliphatic heterocycles. The molecule has 3 N–H and O–H groups in total. The van der Waals surface area contributed by atoms with Gasteiger partial charge in [0.05, 0.1) is 0 Å². The van der Waals surface area contributed by atoms with Crippen molar-refractivity contribution in [3.63, 3.8) is 0 Å². The van der Waals surface area contributed by atoms with E-state index < -0.39 is 0 Å². The third-order valence-electron chi connectivity index (χ3n) is 4.59. The minimum absolute atomic E-state index is 0.0613. The zero-order valence-corrected chi connectivity index (χ0v) is 11.3. The minimum atomic E-state index is 0.0613. The number of carbonyl (C=O) groups is 1. The van der Waals surface area contributed by atoms with Gasteiger partial charge in [0, 0.05) is 12.1 Å². The van der Waals surface area contributed by atoms with Crippen molar-refractivity contribution in [2.45, 2.75) is 32.1 Å². The van der Waals surface area contributed by atoms with Crippen LogP contribution in [0.15, 0.2) is 24.3 Å². The van der Waals surface area contributed by atoms with E-state index in [4.69, 9.17) is 5.73 Å². The highest BCUT2D eigenvalue weighted by Gasteiger charge is 2.53. The van der Waals surface area contributed by atoms with Crippen molar-refractivity contribution >= 4 is 5.91 Å². The molecule has 2 saturated carbocycles. The summed E-state index contributed by atoms with van der Waals surface area (Å²) in [5.41, 5.74) is 7.93. The first-order valence-electron chi connectivity index (χ1n) is 7.31. The summed E-state index contributed by atoms with van der Waals surface area (Å²) in [6.45, 7) is 1.51. The number of benzene rings is 1. The van der Waals surface area contributed by atoms with Gasteiger partial charge in [0.2, 0.25) is 0 Å². The Morgan fingerprint density at radius 2 is 1.95 bits per heavy atom. The molecule has 3 heteroatoms. The van der Waals surface area contributed by atoms with Crippen molar-refractivity contribution < 1.29 is 4.79 Å². The molecule has 0 unspecified atom stereocenters. The van der Waals surface area contributed by atoms with E-state index in [1.165, 1.54) is 31.2 Å². The van der Waals surface area contributed by atoms with E-state index in [1.807, 2.05) is 24.3 Å².